The van der Waals surface area contributed by atoms with Crippen LogP contribution < -0.4 is 5.32 Å². The van der Waals surface area contributed by atoms with E-state index in [1.807, 2.05) is 36.1 Å². The van der Waals surface area contributed by atoms with Gasteiger partial charge in [-0.25, -0.2) is 0 Å². The molecule has 0 spiro atoms. The van der Waals surface area contributed by atoms with E-state index in [1.165, 1.54) is 0 Å². The van der Waals surface area contributed by atoms with Gasteiger partial charge in [0.05, 0.1) is 0 Å². The average Bonchev–Trinajstić information content (AvgIpc) is 2.59. The summed E-state index contributed by atoms with van der Waals surface area (Å²) in [6, 6.07) is 9.36. The number of amides is 1. The Morgan fingerprint density at radius 1 is 1.21 bits per heavy atom. The summed E-state index contributed by atoms with van der Waals surface area (Å²) >= 11 is 6.16. The molecule has 1 aliphatic heterocycles. The summed E-state index contributed by atoms with van der Waals surface area (Å²) in [5, 5.41) is 4.03. The van der Waals surface area contributed by atoms with E-state index in [1.54, 1.807) is 12.3 Å². The van der Waals surface area contributed by atoms with E-state index >= 15 is 0 Å². The van der Waals surface area contributed by atoms with Gasteiger partial charge in [-0.1, -0.05) is 17.7 Å². The van der Waals surface area contributed by atoms with Gasteiger partial charge in [0, 0.05) is 48.8 Å². The van der Waals surface area contributed by atoms with Crippen molar-refractivity contribution in [2.45, 2.75) is 6.92 Å². The van der Waals surface area contributed by atoms with E-state index in [2.05, 4.69) is 22.2 Å². The number of likely N-dealkylation sites (N-methyl/N-ethyl adjacent to an activating group) is 1. The van der Waals surface area contributed by atoms with E-state index in [0.717, 1.165) is 43.1 Å². The second-order valence-corrected chi connectivity index (χ2v) is 6.47. The monoisotopic (exact) mass is 344 g/mol. The summed E-state index contributed by atoms with van der Waals surface area (Å²) < 4.78 is 0. The number of hydrogen-bond donors (Lipinski definition) is 1. The van der Waals surface area contributed by atoms with Crippen molar-refractivity contribution in [3.63, 3.8) is 0 Å². The zero-order valence-corrected chi connectivity index (χ0v) is 14.7. The number of carbonyl (C=O) groups is 1. The summed E-state index contributed by atoms with van der Waals surface area (Å²) in [7, 11) is 2.07. The van der Waals surface area contributed by atoms with Crippen LogP contribution >= 0.6 is 11.6 Å². The first-order valence-corrected chi connectivity index (χ1v) is 8.38. The topological polar surface area (TPSA) is 48.5 Å². The molecule has 6 heteroatoms. The molecular weight excluding hydrogens is 324 g/mol. The van der Waals surface area contributed by atoms with Gasteiger partial charge in [-0.05, 0) is 43.8 Å². The van der Waals surface area contributed by atoms with Crippen molar-refractivity contribution in [1.82, 2.24) is 14.8 Å². The van der Waals surface area contributed by atoms with Crippen molar-refractivity contribution in [1.29, 1.82) is 0 Å². The zero-order chi connectivity index (χ0) is 17.1. The minimum Gasteiger partial charge on any atom is -0.355 e. The Balaban J connectivity index is 1.76. The highest BCUT2D eigenvalue weighted by Crippen LogP contribution is 2.26. The molecule has 1 aromatic carbocycles. The fourth-order valence-electron chi connectivity index (χ4n) is 2.70. The maximum Gasteiger partial charge on any atom is 0.272 e. The van der Waals surface area contributed by atoms with E-state index in [0.29, 0.717) is 10.7 Å². The van der Waals surface area contributed by atoms with Crippen molar-refractivity contribution >= 4 is 28.9 Å². The summed E-state index contributed by atoms with van der Waals surface area (Å²) in [5.74, 6) is -0.0189. The largest absolute Gasteiger partial charge is 0.355 e. The van der Waals surface area contributed by atoms with Crippen LogP contribution in [-0.2, 0) is 0 Å². The lowest BCUT2D eigenvalue weighted by atomic mass is 10.2. The third-order valence-electron chi connectivity index (χ3n) is 4.32. The van der Waals surface area contributed by atoms with Crippen molar-refractivity contribution in [2.75, 3.05) is 38.5 Å². The zero-order valence-electron chi connectivity index (χ0n) is 13.9. The highest BCUT2D eigenvalue weighted by atomic mass is 35.5. The number of nitrogens with zero attached hydrogens (tertiary/aromatic N) is 3. The number of benzene rings is 1. The number of pyridine rings is 1. The van der Waals surface area contributed by atoms with E-state index in [4.69, 9.17) is 11.6 Å². The van der Waals surface area contributed by atoms with E-state index < -0.39 is 0 Å². The molecule has 0 aliphatic carbocycles. The second-order valence-electron chi connectivity index (χ2n) is 6.06. The Hall–Kier alpha value is -2.11. The lowest BCUT2D eigenvalue weighted by molar-refractivity contribution is 0.0658. The van der Waals surface area contributed by atoms with Gasteiger partial charge < -0.3 is 15.1 Å². The molecule has 0 radical (unpaired) electrons. The van der Waals surface area contributed by atoms with Gasteiger partial charge in [0.2, 0.25) is 0 Å². The summed E-state index contributed by atoms with van der Waals surface area (Å²) in [6.07, 6.45) is 1.66. The molecule has 1 saturated heterocycles. The van der Waals surface area contributed by atoms with Crippen molar-refractivity contribution in [2.24, 2.45) is 0 Å². The summed E-state index contributed by atoms with van der Waals surface area (Å²) in [4.78, 5) is 20.9. The molecule has 1 N–H and O–H groups in total. The SMILES string of the molecule is Cc1c(Cl)cccc1Nc1ccnc(C(=O)N2CCN(C)CC2)c1. The Morgan fingerprint density at radius 2 is 1.96 bits per heavy atom. The van der Waals surface area contributed by atoms with Crippen LogP contribution in [0.15, 0.2) is 36.5 Å². The average molecular weight is 345 g/mol. The van der Waals surface area contributed by atoms with Crippen LogP contribution in [0, 0.1) is 6.92 Å². The molecule has 1 amide bonds. The second kappa shape index (κ2) is 7.20. The van der Waals surface area contributed by atoms with Crippen LogP contribution in [-0.4, -0.2) is 53.9 Å². The maximum atomic E-state index is 12.6. The molecule has 0 atom stereocenters. The lowest BCUT2D eigenvalue weighted by Crippen LogP contribution is -2.47. The van der Waals surface area contributed by atoms with Crippen LogP contribution in [0.2, 0.25) is 5.02 Å². The van der Waals surface area contributed by atoms with Gasteiger partial charge in [0.1, 0.15) is 5.69 Å². The first-order valence-electron chi connectivity index (χ1n) is 8.00. The molecule has 2 heterocycles. The Kier molecular flexibility index (Phi) is 5.02. The van der Waals surface area contributed by atoms with Crippen molar-refractivity contribution in [3.05, 3.63) is 52.8 Å². The van der Waals surface area contributed by atoms with Gasteiger partial charge in [-0.2, -0.15) is 0 Å². The van der Waals surface area contributed by atoms with Crippen LogP contribution in [0.1, 0.15) is 16.1 Å². The van der Waals surface area contributed by atoms with Gasteiger partial charge in [-0.15, -0.1) is 0 Å². The number of halogens is 1. The number of piperazine rings is 1. The van der Waals surface area contributed by atoms with Crippen LogP contribution in [0.5, 0.6) is 0 Å². The molecule has 0 bridgehead atoms. The normalized spacial score (nSPS) is 15.4. The Morgan fingerprint density at radius 3 is 2.71 bits per heavy atom. The van der Waals surface area contributed by atoms with Crippen LogP contribution in [0.4, 0.5) is 11.4 Å². The molecule has 1 fully saturated rings. The van der Waals surface area contributed by atoms with E-state index in [-0.39, 0.29) is 5.91 Å². The number of aromatic nitrogens is 1. The fourth-order valence-corrected chi connectivity index (χ4v) is 2.87. The van der Waals surface area contributed by atoms with Crippen LogP contribution in [0.3, 0.4) is 0 Å². The molecule has 3 rings (SSSR count). The third-order valence-corrected chi connectivity index (χ3v) is 4.73. The van der Waals surface area contributed by atoms with Gasteiger partial charge >= 0.3 is 0 Å². The molecule has 126 valence electrons. The Bertz CT molecular complexity index is 742. The minimum atomic E-state index is -0.0189. The molecule has 1 aromatic heterocycles. The summed E-state index contributed by atoms with van der Waals surface area (Å²) in [5.41, 5.74) is 3.19. The maximum absolute atomic E-state index is 12.6. The molecule has 0 unspecified atom stereocenters. The van der Waals surface area contributed by atoms with Gasteiger partial charge in [0.25, 0.3) is 5.91 Å². The highest BCUT2D eigenvalue weighted by molar-refractivity contribution is 6.31. The molecular formula is C18H21ClN4O. The predicted octanol–water partition coefficient (Wildman–Crippen LogP) is 3.17. The molecule has 1 aliphatic rings. The van der Waals surface area contributed by atoms with Gasteiger partial charge in [0.15, 0.2) is 0 Å². The quantitative estimate of drug-likeness (QED) is 0.929. The minimum absolute atomic E-state index is 0.0189. The number of rotatable bonds is 3. The Labute approximate surface area is 147 Å². The number of carbonyl (C=O) groups excluding carboxylic acids is 1. The molecule has 0 saturated carbocycles. The third kappa shape index (κ3) is 3.68. The smallest absolute Gasteiger partial charge is 0.272 e. The first kappa shape index (κ1) is 16.7. The molecule has 24 heavy (non-hydrogen) atoms. The van der Waals surface area contributed by atoms with Crippen molar-refractivity contribution in [3.8, 4) is 0 Å². The predicted molar refractivity (Wildman–Crippen MR) is 97.1 cm³/mol. The number of hydrogen-bond acceptors (Lipinski definition) is 4. The number of nitrogens with one attached hydrogen (secondary N) is 1. The van der Waals surface area contributed by atoms with E-state index in [9.17, 15) is 4.79 Å². The standard InChI is InChI=1S/C18H21ClN4O/c1-13-15(19)4-3-5-16(13)21-14-6-7-20-17(12-14)18(24)23-10-8-22(2)9-11-23/h3-7,12H,8-11H2,1-2H3,(H,20,21). The molecule has 2 aromatic rings. The lowest BCUT2D eigenvalue weighted by Gasteiger charge is -2.32. The summed E-state index contributed by atoms with van der Waals surface area (Å²) in [6.45, 7) is 5.23. The van der Waals surface area contributed by atoms with Gasteiger partial charge in [-0.3, -0.25) is 9.78 Å². The van der Waals surface area contributed by atoms with Crippen molar-refractivity contribution < 1.29 is 4.79 Å². The fraction of sp³-hybridized carbons (Fsp3) is 0.333. The molecule has 5 nitrogen and oxygen atoms in total. The van der Waals surface area contributed by atoms with Crippen LogP contribution in [0.25, 0.3) is 0 Å². The number of anilines is 2. The highest BCUT2D eigenvalue weighted by Gasteiger charge is 2.21. The first-order chi connectivity index (χ1) is 11.5.